The van der Waals surface area contributed by atoms with Gasteiger partial charge >= 0.3 is 23.7 Å². The van der Waals surface area contributed by atoms with Crippen LogP contribution in [0, 0.1) is 0 Å². The molecule has 0 atom stereocenters. The summed E-state index contributed by atoms with van der Waals surface area (Å²) in [5, 5.41) is 14.8. The van der Waals surface area contributed by atoms with Crippen molar-refractivity contribution in [2.45, 2.75) is 13.8 Å². The molecule has 0 bridgehead atoms. The molecule has 0 spiro atoms. The predicted octanol–water partition coefficient (Wildman–Crippen LogP) is -0.734. The van der Waals surface area contributed by atoms with Crippen LogP contribution in [0.4, 0.5) is 0 Å². The molecule has 0 aliphatic rings. The van der Waals surface area contributed by atoms with Crippen molar-refractivity contribution in [1.29, 1.82) is 0 Å². The van der Waals surface area contributed by atoms with E-state index in [1.165, 1.54) is 0 Å². The van der Waals surface area contributed by atoms with Gasteiger partial charge in [-0.3, -0.25) is 9.59 Å². The van der Waals surface area contributed by atoms with Crippen molar-refractivity contribution in [3.63, 3.8) is 0 Å². The topological polar surface area (TPSA) is 74.6 Å². The molecule has 0 aliphatic carbocycles. The fourth-order valence-electron chi connectivity index (χ4n) is 0. The first-order chi connectivity index (χ1) is 3.46. The van der Waals surface area contributed by atoms with E-state index in [0.717, 1.165) is 13.8 Å². The van der Waals surface area contributed by atoms with Gasteiger partial charge in [0.2, 0.25) is 0 Å². The van der Waals surface area contributed by atoms with Crippen LogP contribution in [0.5, 0.6) is 0 Å². The predicted molar refractivity (Wildman–Crippen MR) is 35.2 cm³/mol. The Kier molecular flexibility index (Phi) is 18.8. The van der Waals surface area contributed by atoms with Gasteiger partial charge in [0.15, 0.2) is 0 Å². The van der Waals surface area contributed by atoms with Gasteiger partial charge in [0.25, 0.3) is 11.9 Å². The maximum absolute atomic E-state index is 9.00. The molecule has 2 N–H and O–H groups in total. The second-order valence-corrected chi connectivity index (χ2v) is 1.04. The Labute approximate surface area is 69.6 Å². The third kappa shape index (κ3) is 3470. The van der Waals surface area contributed by atoms with Gasteiger partial charge in [-0.1, -0.05) is 0 Å². The maximum atomic E-state index is 9.00. The van der Waals surface area contributed by atoms with Gasteiger partial charge in [0.05, 0.1) is 0 Å². The fourth-order valence-corrected chi connectivity index (χ4v) is 0. The molecule has 0 fully saturated rings. The summed E-state index contributed by atoms with van der Waals surface area (Å²) in [5.41, 5.74) is 0. The normalized spacial score (nSPS) is 5.56. The Bertz CT molecular complexity index is 70.6. The molecule has 0 aromatic carbocycles. The number of carboxylic acid groups (broad SMARTS) is 2. The first-order valence-corrected chi connectivity index (χ1v) is 1.86. The summed E-state index contributed by atoms with van der Waals surface area (Å²) in [4.78, 5) is 18.0. The average Bonchev–Trinajstić information content (AvgIpc) is 1.25. The summed E-state index contributed by atoms with van der Waals surface area (Å²) in [5.74, 6) is -1.67. The van der Waals surface area contributed by atoms with Gasteiger partial charge < -0.3 is 10.2 Å². The van der Waals surface area contributed by atoms with Crippen LogP contribution in [0.2, 0.25) is 0 Å². The Morgan fingerprint density at radius 1 is 1.00 bits per heavy atom. The Morgan fingerprint density at radius 2 is 1.00 bits per heavy atom. The Morgan fingerprint density at radius 3 is 1.00 bits per heavy atom. The summed E-state index contributed by atoms with van der Waals surface area (Å²) in [6, 6.07) is 0. The molecule has 0 amide bonds. The Balaban J connectivity index is -0.0000000720. The first-order valence-electron chi connectivity index (χ1n) is 1.86. The van der Waals surface area contributed by atoms with Crippen LogP contribution in [-0.2, 0) is 9.59 Å². The van der Waals surface area contributed by atoms with E-state index in [4.69, 9.17) is 19.8 Å². The monoisotopic (exact) mass is 252 g/mol. The second-order valence-electron chi connectivity index (χ2n) is 1.04. The molecular weight excluding hydrogens is 240 g/mol. The van der Waals surface area contributed by atoms with E-state index in [1.807, 2.05) is 0 Å². The average molecular weight is 250 g/mol. The molecule has 9 heavy (non-hydrogen) atoms. The second kappa shape index (κ2) is 10.7. The van der Waals surface area contributed by atoms with E-state index in [2.05, 4.69) is 0 Å². The molecule has 56 valence electrons. The molecule has 0 saturated carbocycles. The van der Waals surface area contributed by atoms with Crippen LogP contribution in [0.1, 0.15) is 13.8 Å². The minimum atomic E-state index is -0.833. The van der Waals surface area contributed by atoms with Crippen molar-refractivity contribution in [2.75, 3.05) is 0 Å². The third-order valence-electron chi connectivity index (χ3n) is 0. The van der Waals surface area contributed by atoms with Crippen LogP contribution in [0.3, 0.4) is 0 Å². The molecule has 0 unspecified atom stereocenters. The summed E-state index contributed by atoms with van der Waals surface area (Å²) in [7, 11) is 0. The van der Waals surface area contributed by atoms with Crippen LogP contribution in [0.15, 0.2) is 0 Å². The molecular formula is C4H10O4Te. The summed E-state index contributed by atoms with van der Waals surface area (Å²) < 4.78 is 0. The van der Waals surface area contributed by atoms with Crippen molar-refractivity contribution in [2.24, 2.45) is 0 Å². The standard InChI is InChI=1S/2C2H4O2.H2Te/c2*1-2(3)4;/h2*1H3,(H,3,4);1H2. The van der Waals surface area contributed by atoms with Crippen molar-refractivity contribution >= 4 is 35.6 Å². The number of aliphatic carboxylic acids is 2. The van der Waals surface area contributed by atoms with Crippen molar-refractivity contribution in [3.8, 4) is 0 Å². The van der Waals surface area contributed by atoms with Gasteiger partial charge in [-0.25, -0.2) is 0 Å². The summed E-state index contributed by atoms with van der Waals surface area (Å²) in [6.45, 7) is 2.17. The SMILES string of the molecule is CC(=O)O.CC(=O)O.[TeH2]. The molecule has 5 heteroatoms. The van der Waals surface area contributed by atoms with E-state index in [-0.39, 0.29) is 23.7 Å². The van der Waals surface area contributed by atoms with Crippen LogP contribution in [0.25, 0.3) is 0 Å². The molecule has 0 aliphatic heterocycles. The van der Waals surface area contributed by atoms with Gasteiger partial charge in [-0.2, -0.15) is 0 Å². The van der Waals surface area contributed by atoms with Gasteiger partial charge in [0.1, 0.15) is 0 Å². The molecule has 0 rings (SSSR count). The summed E-state index contributed by atoms with van der Waals surface area (Å²) >= 11 is 0. The molecule has 0 aromatic heterocycles. The van der Waals surface area contributed by atoms with Gasteiger partial charge in [-0.05, 0) is 0 Å². The number of rotatable bonds is 0. The summed E-state index contributed by atoms with van der Waals surface area (Å²) in [6.07, 6.45) is 0. The van der Waals surface area contributed by atoms with Crippen molar-refractivity contribution < 1.29 is 19.8 Å². The van der Waals surface area contributed by atoms with E-state index in [9.17, 15) is 0 Å². The number of carbonyl (C=O) groups is 2. The zero-order valence-corrected chi connectivity index (χ0v) is 8.07. The number of hydrogen-bond donors (Lipinski definition) is 2. The zero-order valence-electron chi connectivity index (χ0n) is 5.21. The Hall–Kier alpha value is -0.270. The van der Waals surface area contributed by atoms with E-state index in [1.54, 1.807) is 0 Å². The van der Waals surface area contributed by atoms with E-state index < -0.39 is 11.9 Å². The zero-order chi connectivity index (χ0) is 7.15. The molecule has 0 heterocycles. The van der Waals surface area contributed by atoms with Crippen molar-refractivity contribution in [1.82, 2.24) is 0 Å². The molecule has 4 nitrogen and oxygen atoms in total. The van der Waals surface area contributed by atoms with E-state index in [0.29, 0.717) is 0 Å². The van der Waals surface area contributed by atoms with Crippen LogP contribution >= 0.6 is 0 Å². The first kappa shape index (κ1) is 15.9. The molecule has 0 radical (unpaired) electrons. The van der Waals surface area contributed by atoms with Crippen LogP contribution in [-0.4, -0.2) is 45.8 Å². The van der Waals surface area contributed by atoms with Gasteiger partial charge in [0, 0.05) is 13.8 Å². The minimum absolute atomic E-state index is 0. The molecule has 0 aromatic rings. The molecule has 0 saturated heterocycles. The third-order valence-corrected chi connectivity index (χ3v) is 0. The van der Waals surface area contributed by atoms with E-state index >= 15 is 0 Å². The van der Waals surface area contributed by atoms with Crippen molar-refractivity contribution in [3.05, 3.63) is 0 Å². The number of hydrogen-bond acceptors (Lipinski definition) is 2. The number of carboxylic acids is 2. The van der Waals surface area contributed by atoms with Gasteiger partial charge in [-0.15, -0.1) is 0 Å². The quantitative estimate of drug-likeness (QED) is 0.555. The fraction of sp³-hybridized carbons (Fsp3) is 0.500. The van der Waals surface area contributed by atoms with Crippen LogP contribution < -0.4 is 0 Å².